The topological polar surface area (TPSA) is 64.1 Å². The van der Waals surface area contributed by atoms with Crippen LogP contribution < -0.4 is 10.1 Å². The Morgan fingerprint density at radius 3 is 2.56 bits per heavy atom. The molecular weight excluding hydrogens is 362 g/mol. The lowest BCUT2D eigenvalue weighted by Crippen LogP contribution is -2.09. The van der Waals surface area contributed by atoms with Crippen LogP contribution >= 0.6 is 11.6 Å². The quantitative estimate of drug-likeness (QED) is 0.613. The third kappa shape index (κ3) is 4.92. The second kappa shape index (κ2) is 8.47. The van der Waals surface area contributed by atoms with Crippen molar-refractivity contribution in [2.75, 3.05) is 5.32 Å². The molecule has 6 heteroatoms. The van der Waals surface area contributed by atoms with Gasteiger partial charge in [-0.05, 0) is 60.9 Å². The van der Waals surface area contributed by atoms with E-state index in [1.54, 1.807) is 36.7 Å². The summed E-state index contributed by atoms with van der Waals surface area (Å²) in [6.07, 6.45) is 4.75. The van der Waals surface area contributed by atoms with Gasteiger partial charge in [0.15, 0.2) is 0 Å². The number of aryl methyl sites for hydroxylation is 1. The highest BCUT2D eigenvalue weighted by atomic mass is 35.5. The van der Waals surface area contributed by atoms with Crippen LogP contribution in [0.4, 0.5) is 5.69 Å². The molecule has 0 unspecified atom stereocenters. The first-order valence-electron chi connectivity index (χ1n) is 8.32. The minimum absolute atomic E-state index is 0.226. The molecule has 27 heavy (non-hydrogen) atoms. The minimum atomic E-state index is -0.226. The maximum Gasteiger partial charge on any atom is 0.321 e. The van der Waals surface area contributed by atoms with Gasteiger partial charge in [-0.15, -0.1) is 0 Å². The highest BCUT2D eigenvalue weighted by Crippen LogP contribution is 2.25. The van der Waals surface area contributed by atoms with Gasteiger partial charge in [-0.2, -0.15) is 0 Å². The van der Waals surface area contributed by atoms with Crippen LogP contribution in [0.5, 0.6) is 11.8 Å². The summed E-state index contributed by atoms with van der Waals surface area (Å²) in [7, 11) is 0. The average Bonchev–Trinajstić information content (AvgIpc) is 2.65. The molecule has 1 N–H and O–H groups in total. The molecule has 0 aliphatic heterocycles. The molecule has 0 saturated carbocycles. The molecule has 0 aliphatic rings. The lowest BCUT2D eigenvalue weighted by molar-refractivity contribution is -0.111. The molecule has 0 atom stereocenters. The summed E-state index contributed by atoms with van der Waals surface area (Å²) in [5.41, 5.74) is 3.18. The highest BCUT2D eigenvalue weighted by Gasteiger charge is 2.08. The molecular formula is C21H18ClN3O2. The predicted molar refractivity (Wildman–Crippen MR) is 107 cm³/mol. The Kier molecular flexibility index (Phi) is 5.84. The molecule has 0 fully saturated rings. The molecule has 0 saturated heterocycles. The summed E-state index contributed by atoms with van der Waals surface area (Å²) in [6.45, 7) is 3.74. The number of hydrogen-bond acceptors (Lipinski definition) is 4. The van der Waals surface area contributed by atoms with Crippen LogP contribution in [-0.4, -0.2) is 15.9 Å². The zero-order valence-electron chi connectivity index (χ0n) is 14.9. The van der Waals surface area contributed by atoms with Crippen LogP contribution in [0.2, 0.25) is 5.02 Å². The van der Waals surface area contributed by atoms with Gasteiger partial charge in [0.1, 0.15) is 5.75 Å². The number of anilines is 1. The van der Waals surface area contributed by atoms with E-state index in [1.165, 1.54) is 6.08 Å². The van der Waals surface area contributed by atoms with E-state index in [9.17, 15) is 4.79 Å². The van der Waals surface area contributed by atoms with Crippen molar-refractivity contribution in [3.05, 3.63) is 83.2 Å². The first kappa shape index (κ1) is 18.6. The smallest absolute Gasteiger partial charge is 0.321 e. The fraction of sp³-hybridized carbons (Fsp3) is 0.0952. The number of aromatic nitrogens is 2. The van der Waals surface area contributed by atoms with Crippen LogP contribution in [0.3, 0.4) is 0 Å². The normalized spacial score (nSPS) is 11.1. The zero-order valence-corrected chi connectivity index (χ0v) is 15.7. The van der Waals surface area contributed by atoms with Crippen LogP contribution in [-0.2, 0) is 4.79 Å². The van der Waals surface area contributed by atoms with E-state index in [4.69, 9.17) is 16.3 Å². The number of rotatable bonds is 5. The van der Waals surface area contributed by atoms with Crippen molar-refractivity contribution in [1.29, 1.82) is 0 Å². The number of nitrogens with one attached hydrogen (secondary N) is 1. The van der Waals surface area contributed by atoms with Crippen molar-refractivity contribution in [1.82, 2.24) is 9.97 Å². The molecule has 2 aromatic carbocycles. The Balaban J connectivity index is 1.71. The molecule has 136 valence electrons. The van der Waals surface area contributed by atoms with Gasteiger partial charge in [-0.25, -0.2) is 9.97 Å². The number of halogens is 1. The SMILES string of the molecule is C/C(=C/C(=O)Nc1ccc(Oc2ncccn2)cc1C)c1ccccc1Cl. The van der Waals surface area contributed by atoms with Gasteiger partial charge in [0.25, 0.3) is 0 Å². The van der Waals surface area contributed by atoms with Crippen molar-refractivity contribution < 1.29 is 9.53 Å². The Morgan fingerprint density at radius 1 is 1.11 bits per heavy atom. The van der Waals surface area contributed by atoms with E-state index >= 15 is 0 Å². The molecule has 5 nitrogen and oxygen atoms in total. The van der Waals surface area contributed by atoms with Crippen LogP contribution in [0.1, 0.15) is 18.1 Å². The van der Waals surface area contributed by atoms with E-state index in [0.29, 0.717) is 16.5 Å². The lowest BCUT2D eigenvalue weighted by Gasteiger charge is -2.10. The average molecular weight is 380 g/mol. The van der Waals surface area contributed by atoms with Gasteiger partial charge in [-0.1, -0.05) is 29.8 Å². The van der Waals surface area contributed by atoms with Crippen LogP contribution in [0.25, 0.3) is 5.57 Å². The summed E-state index contributed by atoms with van der Waals surface area (Å²) >= 11 is 6.18. The third-order valence-corrected chi connectivity index (χ3v) is 4.18. The second-order valence-corrected chi connectivity index (χ2v) is 6.31. The molecule has 1 amide bonds. The number of amides is 1. The van der Waals surface area contributed by atoms with E-state index in [-0.39, 0.29) is 11.9 Å². The highest BCUT2D eigenvalue weighted by molar-refractivity contribution is 6.32. The molecule has 3 aromatic rings. The fourth-order valence-corrected chi connectivity index (χ4v) is 2.79. The summed E-state index contributed by atoms with van der Waals surface area (Å²) in [5, 5.41) is 3.49. The standard InChI is InChI=1S/C21H18ClN3O2/c1-14(17-6-3-4-7-18(17)22)13-20(26)25-19-9-8-16(12-15(19)2)27-21-23-10-5-11-24-21/h3-13H,1-2H3,(H,25,26)/b14-13-. The zero-order chi connectivity index (χ0) is 19.2. The number of carbonyl (C=O) groups is 1. The number of hydrogen-bond donors (Lipinski definition) is 1. The maximum atomic E-state index is 12.4. The van der Waals surface area contributed by atoms with Gasteiger partial charge in [0.05, 0.1) is 0 Å². The van der Waals surface area contributed by atoms with E-state index in [0.717, 1.165) is 16.7 Å². The molecule has 0 bridgehead atoms. The van der Waals surface area contributed by atoms with Crippen molar-refractivity contribution in [2.24, 2.45) is 0 Å². The van der Waals surface area contributed by atoms with Crippen molar-refractivity contribution in [2.45, 2.75) is 13.8 Å². The van der Waals surface area contributed by atoms with Gasteiger partial charge < -0.3 is 10.1 Å². The Hall–Kier alpha value is -3.18. The van der Waals surface area contributed by atoms with E-state index < -0.39 is 0 Å². The summed E-state index contributed by atoms with van der Waals surface area (Å²) in [4.78, 5) is 20.4. The number of allylic oxidation sites excluding steroid dienone is 1. The summed E-state index contributed by atoms with van der Waals surface area (Å²) in [6, 6.07) is 14.8. The van der Waals surface area contributed by atoms with Gasteiger partial charge in [0.2, 0.25) is 5.91 Å². The van der Waals surface area contributed by atoms with Crippen molar-refractivity contribution in [3.63, 3.8) is 0 Å². The first-order valence-corrected chi connectivity index (χ1v) is 8.70. The number of ether oxygens (including phenoxy) is 1. The van der Waals surface area contributed by atoms with Crippen LogP contribution in [0.15, 0.2) is 67.0 Å². The van der Waals surface area contributed by atoms with Crippen molar-refractivity contribution >= 4 is 28.8 Å². The number of carbonyl (C=O) groups excluding carboxylic acids is 1. The molecule has 0 spiro atoms. The van der Waals surface area contributed by atoms with Crippen molar-refractivity contribution in [3.8, 4) is 11.8 Å². The summed E-state index contributed by atoms with van der Waals surface area (Å²) < 4.78 is 5.59. The Labute approximate surface area is 162 Å². The predicted octanol–water partition coefficient (Wildman–Crippen LogP) is 5.27. The monoisotopic (exact) mass is 379 g/mol. The lowest BCUT2D eigenvalue weighted by atomic mass is 10.1. The van der Waals surface area contributed by atoms with Crippen LogP contribution in [0, 0.1) is 6.92 Å². The molecule has 3 rings (SSSR count). The minimum Gasteiger partial charge on any atom is -0.424 e. The third-order valence-electron chi connectivity index (χ3n) is 3.85. The molecule has 0 aliphatic carbocycles. The molecule has 1 aromatic heterocycles. The fourth-order valence-electron chi connectivity index (χ4n) is 2.51. The number of benzene rings is 2. The van der Waals surface area contributed by atoms with Gasteiger partial charge >= 0.3 is 6.01 Å². The Bertz CT molecular complexity index is 988. The van der Waals surface area contributed by atoms with E-state index in [1.807, 2.05) is 38.1 Å². The maximum absolute atomic E-state index is 12.4. The number of nitrogens with zero attached hydrogens (tertiary/aromatic N) is 2. The van der Waals surface area contributed by atoms with Gasteiger partial charge in [-0.3, -0.25) is 4.79 Å². The molecule has 1 heterocycles. The molecule has 0 radical (unpaired) electrons. The largest absolute Gasteiger partial charge is 0.424 e. The second-order valence-electron chi connectivity index (χ2n) is 5.91. The van der Waals surface area contributed by atoms with Gasteiger partial charge in [0, 0.05) is 29.2 Å². The summed E-state index contributed by atoms with van der Waals surface area (Å²) in [5.74, 6) is 0.370. The Morgan fingerprint density at radius 2 is 1.85 bits per heavy atom. The van der Waals surface area contributed by atoms with E-state index in [2.05, 4.69) is 15.3 Å². The first-order chi connectivity index (χ1) is 13.0.